The van der Waals surface area contributed by atoms with Crippen molar-refractivity contribution in [1.29, 1.82) is 0 Å². The molecular formula is C14H11BrFNO. The molecule has 92 valence electrons. The lowest BCUT2D eigenvalue weighted by Gasteiger charge is -2.08. The number of hydrogen-bond donors (Lipinski definition) is 0. The van der Waals surface area contributed by atoms with Gasteiger partial charge in [-0.25, -0.2) is 4.39 Å². The van der Waals surface area contributed by atoms with Gasteiger partial charge in [0.25, 0.3) is 0 Å². The molecule has 0 aliphatic carbocycles. The van der Waals surface area contributed by atoms with E-state index in [0.29, 0.717) is 15.6 Å². The second-order valence-electron chi connectivity index (χ2n) is 4.16. The molecule has 0 amide bonds. The summed E-state index contributed by atoms with van der Waals surface area (Å²) in [6.45, 7) is 3.53. The summed E-state index contributed by atoms with van der Waals surface area (Å²) in [5, 5.41) is 0. The number of aromatic nitrogens is 1. The average molecular weight is 308 g/mol. The van der Waals surface area contributed by atoms with Crippen molar-refractivity contribution in [2.24, 2.45) is 0 Å². The number of halogens is 2. The smallest absolute Gasteiger partial charge is 0.197 e. The molecule has 0 atom stereocenters. The summed E-state index contributed by atoms with van der Waals surface area (Å²) in [5.41, 5.74) is 1.92. The van der Waals surface area contributed by atoms with E-state index in [2.05, 4.69) is 20.9 Å². The number of hydrogen-bond acceptors (Lipinski definition) is 2. The average Bonchev–Trinajstić information content (AvgIpc) is 2.27. The lowest BCUT2D eigenvalue weighted by molar-refractivity contribution is 0.103. The van der Waals surface area contributed by atoms with Crippen molar-refractivity contribution in [2.45, 2.75) is 13.8 Å². The summed E-state index contributed by atoms with van der Waals surface area (Å²) in [6.07, 6.45) is 3.01. The van der Waals surface area contributed by atoms with Crippen LogP contribution in [-0.4, -0.2) is 10.8 Å². The second kappa shape index (κ2) is 4.98. The van der Waals surface area contributed by atoms with Crippen molar-refractivity contribution in [3.63, 3.8) is 0 Å². The number of benzene rings is 1. The van der Waals surface area contributed by atoms with Gasteiger partial charge in [0.05, 0.1) is 5.56 Å². The van der Waals surface area contributed by atoms with E-state index >= 15 is 0 Å². The molecule has 0 saturated heterocycles. The van der Waals surface area contributed by atoms with Crippen molar-refractivity contribution in [3.05, 3.63) is 63.1 Å². The van der Waals surface area contributed by atoms with E-state index < -0.39 is 5.82 Å². The Bertz CT molecular complexity index is 602. The zero-order chi connectivity index (χ0) is 13.3. The molecule has 18 heavy (non-hydrogen) atoms. The maximum Gasteiger partial charge on any atom is 0.197 e. The largest absolute Gasteiger partial charge is 0.288 e. The van der Waals surface area contributed by atoms with Gasteiger partial charge in [-0.2, -0.15) is 0 Å². The summed E-state index contributed by atoms with van der Waals surface area (Å²) >= 11 is 3.24. The van der Waals surface area contributed by atoms with Gasteiger partial charge in [0.15, 0.2) is 5.78 Å². The SMILES string of the molecule is Cc1cc(C)c(C(=O)c2cncc(Br)c2)c(F)c1. The minimum Gasteiger partial charge on any atom is -0.288 e. The van der Waals surface area contributed by atoms with Gasteiger partial charge in [0, 0.05) is 22.4 Å². The lowest BCUT2D eigenvalue weighted by Crippen LogP contribution is -2.07. The van der Waals surface area contributed by atoms with Crippen LogP contribution in [0.4, 0.5) is 4.39 Å². The first-order valence-corrected chi connectivity index (χ1v) is 6.20. The molecule has 0 fully saturated rings. The normalized spacial score (nSPS) is 10.4. The predicted octanol–water partition coefficient (Wildman–Crippen LogP) is 3.83. The van der Waals surface area contributed by atoms with Gasteiger partial charge >= 0.3 is 0 Å². The summed E-state index contributed by atoms with van der Waals surface area (Å²) in [6, 6.07) is 4.79. The number of carbonyl (C=O) groups is 1. The van der Waals surface area contributed by atoms with Crippen LogP contribution < -0.4 is 0 Å². The lowest BCUT2D eigenvalue weighted by atomic mass is 9.98. The Hall–Kier alpha value is -1.55. The van der Waals surface area contributed by atoms with Crippen LogP contribution in [0, 0.1) is 19.7 Å². The van der Waals surface area contributed by atoms with Gasteiger partial charge in [-0.3, -0.25) is 9.78 Å². The van der Waals surface area contributed by atoms with Crippen molar-refractivity contribution in [3.8, 4) is 0 Å². The van der Waals surface area contributed by atoms with Crippen LogP contribution in [-0.2, 0) is 0 Å². The predicted molar refractivity (Wildman–Crippen MR) is 71.2 cm³/mol. The molecule has 4 heteroatoms. The van der Waals surface area contributed by atoms with Crippen molar-refractivity contribution >= 4 is 21.7 Å². The van der Waals surface area contributed by atoms with Crippen LogP contribution in [0.3, 0.4) is 0 Å². The standard InChI is InChI=1S/C14H11BrFNO/c1-8-3-9(2)13(12(16)4-8)14(18)10-5-11(15)7-17-6-10/h3-7H,1-2H3. The van der Waals surface area contributed by atoms with Gasteiger partial charge in [0.1, 0.15) is 5.82 Å². The van der Waals surface area contributed by atoms with E-state index in [1.54, 1.807) is 32.2 Å². The maximum atomic E-state index is 13.9. The van der Waals surface area contributed by atoms with Crippen LogP contribution in [0.1, 0.15) is 27.0 Å². The topological polar surface area (TPSA) is 30.0 Å². The van der Waals surface area contributed by atoms with Gasteiger partial charge in [-0.05, 0) is 53.0 Å². The molecule has 2 rings (SSSR count). The molecular weight excluding hydrogens is 297 g/mol. The van der Waals surface area contributed by atoms with Gasteiger partial charge in [0.2, 0.25) is 0 Å². The molecule has 0 bridgehead atoms. The Morgan fingerprint density at radius 3 is 2.56 bits per heavy atom. The number of carbonyl (C=O) groups excluding carboxylic acids is 1. The Labute approximate surface area is 113 Å². The second-order valence-corrected chi connectivity index (χ2v) is 5.08. The van der Waals surface area contributed by atoms with E-state index in [1.807, 2.05) is 0 Å². The third-order valence-electron chi connectivity index (χ3n) is 2.63. The number of ketones is 1. The first-order chi connectivity index (χ1) is 8.49. The molecule has 0 N–H and O–H groups in total. The minimum absolute atomic E-state index is 0.112. The number of rotatable bonds is 2. The fourth-order valence-electron chi connectivity index (χ4n) is 1.88. The molecule has 0 saturated carbocycles. The zero-order valence-electron chi connectivity index (χ0n) is 10.00. The Morgan fingerprint density at radius 1 is 1.22 bits per heavy atom. The summed E-state index contributed by atoms with van der Waals surface area (Å²) < 4.78 is 14.6. The molecule has 0 radical (unpaired) electrons. The van der Waals surface area contributed by atoms with Crippen molar-refractivity contribution in [1.82, 2.24) is 4.98 Å². The Kier molecular flexibility index (Phi) is 3.57. The van der Waals surface area contributed by atoms with Crippen LogP contribution >= 0.6 is 15.9 Å². The highest BCUT2D eigenvalue weighted by molar-refractivity contribution is 9.10. The molecule has 1 heterocycles. The number of aryl methyl sites for hydroxylation is 2. The monoisotopic (exact) mass is 307 g/mol. The summed E-state index contributed by atoms with van der Waals surface area (Å²) in [5.74, 6) is -0.837. The molecule has 0 spiro atoms. The van der Waals surface area contributed by atoms with E-state index in [9.17, 15) is 9.18 Å². The van der Waals surface area contributed by atoms with Crippen LogP contribution in [0.2, 0.25) is 0 Å². The Balaban J connectivity index is 2.53. The highest BCUT2D eigenvalue weighted by Gasteiger charge is 2.17. The number of nitrogens with zero attached hydrogens (tertiary/aromatic N) is 1. The highest BCUT2D eigenvalue weighted by Crippen LogP contribution is 2.20. The van der Waals surface area contributed by atoms with Gasteiger partial charge < -0.3 is 0 Å². The van der Waals surface area contributed by atoms with Gasteiger partial charge in [-0.1, -0.05) is 6.07 Å². The quantitative estimate of drug-likeness (QED) is 0.789. The fraction of sp³-hybridized carbons (Fsp3) is 0.143. The van der Waals surface area contributed by atoms with E-state index in [0.717, 1.165) is 5.56 Å². The fourth-order valence-corrected chi connectivity index (χ4v) is 2.25. The van der Waals surface area contributed by atoms with Crippen LogP contribution in [0.5, 0.6) is 0 Å². The zero-order valence-corrected chi connectivity index (χ0v) is 11.6. The van der Waals surface area contributed by atoms with E-state index in [-0.39, 0.29) is 11.3 Å². The maximum absolute atomic E-state index is 13.9. The molecule has 2 nitrogen and oxygen atoms in total. The molecule has 1 aromatic heterocycles. The molecule has 2 aromatic rings. The van der Waals surface area contributed by atoms with E-state index in [1.165, 1.54) is 12.3 Å². The van der Waals surface area contributed by atoms with Crippen LogP contribution in [0.25, 0.3) is 0 Å². The third-order valence-corrected chi connectivity index (χ3v) is 3.06. The molecule has 0 unspecified atom stereocenters. The Morgan fingerprint density at radius 2 is 1.94 bits per heavy atom. The molecule has 0 aliphatic rings. The van der Waals surface area contributed by atoms with E-state index in [4.69, 9.17) is 0 Å². The highest BCUT2D eigenvalue weighted by atomic mass is 79.9. The first-order valence-electron chi connectivity index (χ1n) is 5.41. The van der Waals surface area contributed by atoms with Crippen LogP contribution in [0.15, 0.2) is 35.1 Å². The van der Waals surface area contributed by atoms with Crippen molar-refractivity contribution in [2.75, 3.05) is 0 Å². The third kappa shape index (κ3) is 2.48. The minimum atomic E-state index is -0.488. The molecule has 1 aromatic carbocycles. The summed E-state index contributed by atoms with van der Waals surface area (Å²) in [4.78, 5) is 16.2. The van der Waals surface area contributed by atoms with Crippen molar-refractivity contribution < 1.29 is 9.18 Å². The number of pyridine rings is 1. The summed E-state index contributed by atoms with van der Waals surface area (Å²) in [7, 11) is 0. The molecule has 0 aliphatic heterocycles. The first kappa shape index (κ1) is 12.9. The van der Waals surface area contributed by atoms with Gasteiger partial charge in [-0.15, -0.1) is 0 Å².